The van der Waals surface area contributed by atoms with Crippen LogP contribution in [0.3, 0.4) is 0 Å². The molecule has 0 heterocycles. The third kappa shape index (κ3) is 2.74. The van der Waals surface area contributed by atoms with Crippen LogP contribution >= 0.6 is 11.6 Å². The van der Waals surface area contributed by atoms with Crippen molar-refractivity contribution in [3.05, 3.63) is 34.6 Å². The van der Waals surface area contributed by atoms with Crippen molar-refractivity contribution in [3.63, 3.8) is 0 Å². The Kier molecular flexibility index (Phi) is 3.76. The molecule has 0 aliphatic rings. The van der Waals surface area contributed by atoms with Gasteiger partial charge in [-0.2, -0.15) is 0 Å². The molecule has 6 heteroatoms. The van der Waals surface area contributed by atoms with Crippen molar-refractivity contribution in [3.8, 4) is 0 Å². The molecule has 0 aliphatic heterocycles. The third-order valence-corrected chi connectivity index (χ3v) is 1.98. The smallest absolute Gasteiger partial charge is 0.211 e. The quantitative estimate of drug-likeness (QED) is 0.456. The normalized spacial score (nSPS) is 11.9. The molecule has 1 rings (SSSR count). The van der Waals surface area contributed by atoms with Crippen LogP contribution < -0.4 is 5.32 Å². The van der Waals surface area contributed by atoms with Crippen molar-refractivity contribution in [1.82, 2.24) is 5.32 Å². The van der Waals surface area contributed by atoms with Crippen LogP contribution in [0.5, 0.6) is 0 Å². The lowest BCUT2D eigenvalue weighted by molar-refractivity contribution is -0.111. The maximum absolute atomic E-state index is 12.9. The molecule has 1 unspecified atom stereocenters. The number of ketones is 1. The number of hydrogen-bond acceptors (Lipinski definition) is 3. The molecule has 1 aromatic rings. The van der Waals surface area contributed by atoms with E-state index < -0.39 is 17.8 Å². The van der Waals surface area contributed by atoms with Gasteiger partial charge in [0.1, 0.15) is 5.82 Å². The highest BCUT2D eigenvalue weighted by atomic mass is 35.5. The van der Waals surface area contributed by atoms with Crippen molar-refractivity contribution in [2.45, 2.75) is 6.23 Å². The van der Waals surface area contributed by atoms with Crippen LogP contribution in [0.25, 0.3) is 0 Å². The molecule has 1 aromatic carbocycles. The molecule has 0 bridgehead atoms. The summed E-state index contributed by atoms with van der Waals surface area (Å²) in [7, 11) is 0. The topological polar surface area (TPSA) is 66.4 Å². The lowest BCUT2D eigenvalue weighted by Gasteiger charge is -2.07. The van der Waals surface area contributed by atoms with Gasteiger partial charge in [-0.15, -0.1) is 0 Å². The number of rotatable bonds is 4. The van der Waals surface area contributed by atoms with Gasteiger partial charge in [-0.3, -0.25) is 9.59 Å². The summed E-state index contributed by atoms with van der Waals surface area (Å²) in [5, 5.41) is 10.8. The molecule has 0 aromatic heterocycles. The number of aliphatic hydroxyl groups excluding tert-OH is 1. The number of amides is 1. The van der Waals surface area contributed by atoms with Crippen molar-refractivity contribution >= 4 is 23.8 Å². The van der Waals surface area contributed by atoms with E-state index in [2.05, 4.69) is 0 Å². The van der Waals surface area contributed by atoms with Gasteiger partial charge in [0.25, 0.3) is 0 Å². The van der Waals surface area contributed by atoms with Gasteiger partial charge in [0.05, 0.1) is 5.02 Å². The Morgan fingerprint density at radius 1 is 1.60 bits per heavy atom. The number of Topliss-reactive ketones (excluding diaryl/α,β-unsaturated/α-hetero) is 1. The highest BCUT2D eigenvalue weighted by molar-refractivity contribution is 6.30. The van der Waals surface area contributed by atoms with E-state index in [4.69, 9.17) is 16.7 Å². The molecule has 0 fully saturated rings. The standard InChI is InChI=1S/C9H7ClFNO3/c10-6-2-1-5(3-7(6)11)8(14)9(15)12-4-13/h1-4,9,15H,(H,12,13). The second-order valence-corrected chi connectivity index (χ2v) is 3.09. The minimum atomic E-state index is -1.68. The minimum absolute atomic E-state index is 0.0706. The second kappa shape index (κ2) is 4.86. The van der Waals surface area contributed by atoms with Gasteiger partial charge < -0.3 is 10.4 Å². The third-order valence-electron chi connectivity index (χ3n) is 1.68. The summed E-state index contributed by atoms with van der Waals surface area (Å²) in [6, 6.07) is 3.33. The number of aliphatic hydroxyl groups is 1. The van der Waals surface area contributed by atoms with Crippen molar-refractivity contribution < 1.29 is 19.1 Å². The fourth-order valence-electron chi connectivity index (χ4n) is 0.947. The van der Waals surface area contributed by atoms with E-state index in [0.717, 1.165) is 6.07 Å². The van der Waals surface area contributed by atoms with Crippen molar-refractivity contribution in [2.75, 3.05) is 0 Å². The predicted molar refractivity (Wildman–Crippen MR) is 50.9 cm³/mol. The summed E-state index contributed by atoms with van der Waals surface area (Å²) in [6.07, 6.45) is -1.50. The fraction of sp³-hybridized carbons (Fsp3) is 0.111. The predicted octanol–water partition coefficient (Wildman–Crippen LogP) is 0.726. The number of hydrogen-bond donors (Lipinski definition) is 2. The van der Waals surface area contributed by atoms with Crippen molar-refractivity contribution in [1.29, 1.82) is 0 Å². The van der Waals surface area contributed by atoms with Crippen LogP contribution in [0, 0.1) is 5.82 Å². The van der Waals surface area contributed by atoms with E-state index >= 15 is 0 Å². The minimum Gasteiger partial charge on any atom is -0.367 e. The van der Waals surface area contributed by atoms with Crippen LogP contribution in [0.4, 0.5) is 4.39 Å². The Morgan fingerprint density at radius 2 is 2.27 bits per heavy atom. The molecular formula is C9H7ClFNO3. The second-order valence-electron chi connectivity index (χ2n) is 2.68. The first-order valence-electron chi connectivity index (χ1n) is 3.93. The fourth-order valence-corrected chi connectivity index (χ4v) is 1.06. The van der Waals surface area contributed by atoms with Gasteiger partial charge in [0, 0.05) is 5.56 Å². The molecule has 0 saturated carbocycles. The molecule has 1 atom stereocenters. The molecule has 2 N–H and O–H groups in total. The SMILES string of the molecule is O=CNC(O)C(=O)c1ccc(Cl)c(F)c1. The summed E-state index contributed by atoms with van der Waals surface area (Å²) in [4.78, 5) is 21.3. The van der Waals surface area contributed by atoms with E-state index in [9.17, 15) is 14.0 Å². The first-order chi connectivity index (χ1) is 7.06. The van der Waals surface area contributed by atoms with Gasteiger partial charge in [-0.1, -0.05) is 11.6 Å². The van der Waals surface area contributed by atoms with Crippen LogP contribution in [-0.4, -0.2) is 23.5 Å². The lowest BCUT2D eigenvalue weighted by Crippen LogP contribution is -2.35. The van der Waals surface area contributed by atoms with Crippen LogP contribution in [0.2, 0.25) is 5.02 Å². The summed E-state index contributed by atoms with van der Waals surface area (Å²) >= 11 is 5.41. The zero-order chi connectivity index (χ0) is 11.4. The Hall–Kier alpha value is -1.46. The number of carbonyl (C=O) groups excluding carboxylic acids is 2. The van der Waals surface area contributed by atoms with E-state index in [0.29, 0.717) is 0 Å². The van der Waals surface area contributed by atoms with Crippen molar-refractivity contribution in [2.24, 2.45) is 0 Å². The van der Waals surface area contributed by atoms with E-state index in [1.807, 2.05) is 5.32 Å². The maximum Gasteiger partial charge on any atom is 0.211 e. The molecule has 15 heavy (non-hydrogen) atoms. The number of nitrogens with one attached hydrogen (secondary N) is 1. The zero-order valence-corrected chi connectivity index (χ0v) is 8.16. The molecule has 0 radical (unpaired) electrons. The summed E-state index contributed by atoms with van der Waals surface area (Å²) < 4.78 is 12.9. The average molecular weight is 232 g/mol. The largest absolute Gasteiger partial charge is 0.367 e. The average Bonchev–Trinajstić information content (AvgIpc) is 2.21. The Bertz CT molecular complexity index is 397. The Balaban J connectivity index is 2.91. The molecule has 0 saturated heterocycles. The van der Waals surface area contributed by atoms with E-state index in [1.54, 1.807) is 0 Å². The first-order valence-corrected chi connectivity index (χ1v) is 4.31. The molecule has 4 nitrogen and oxygen atoms in total. The van der Waals surface area contributed by atoms with Crippen LogP contribution in [0.1, 0.15) is 10.4 Å². The van der Waals surface area contributed by atoms with Gasteiger partial charge in [0.2, 0.25) is 12.2 Å². The van der Waals surface area contributed by atoms with E-state index in [-0.39, 0.29) is 17.0 Å². The van der Waals surface area contributed by atoms with Crippen LogP contribution in [-0.2, 0) is 4.79 Å². The van der Waals surface area contributed by atoms with Gasteiger partial charge in [-0.05, 0) is 18.2 Å². The molecule has 0 aliphatic carbocycles. The number of carbonyl (C=O) groups is 2. The van der Waals surface area contributed by atoms with Gasteiger partial charge in [-0.25, -0.2) is 4.39 Å². The summed E-state index contributed by atoms with van der Waals surface area (Å²) in [5.41, 5.74) is -0.0706. The van der Waals surface area contributed by atoms with Crippen LogP contribution in [0.15, 0.2) is 18.2 Å². The monoisotopic (exact) mass is 231 g/mol. The molecule has 0 spiro atoms. The number of halogens is 2. The highest BCUT2D eigenvalue weighted by Gasteiger charge is 2.17. The summed E-state index contributed by atoms with van der Waals surface area (Å²) in [6.45, 7) is 0. The molecular weight excluding hydrogens is 225 g/mol. The first kappa shape index (κ1) is 11.6. The maximum atomic E-state index is 12.9. The Morgan fingerprint density at radius 3 is 2.80 bits per heavy atom. The van der Waals surface area contributed by atoms with Gasteiger partial charge >= 0.3 is 0 Å². The molecule has 80 valence electrons. The Labute approximate surface area is 89.7 Å². The van der Waals surface area contributed by atoms with E-state index in [1.165, 1.54) is 12.1 Å². The zero-order valence-electron chi connectivity index (χ0n) is 7.41. The summed E-state index contributed by atoms with van der Waals surface area (Å²) in [5.74, 6) is -1.57. The number of benzene rings is 1. The molecule has 1 amide bonds. The van der Waals surface area contributed by atoms with Gasteiger partial charge in [0.15, 0.2) is 6.23 Å². The lowest BCUT2D eigenvalue weighted by atomic mass is 10.1. The highest BCUT2D eigenvalue weighted by Crippen LogP contribution is 2.16.